The van der Waals surface area contributed by atoms with Gasteiger partial charge in [-0.2, -0.15) is 5.10 Å². The molecule has 9 nitrogen and oxygen atoms in total. The van der Waals surface area contributed by atoms with E-state index in [1.165, 1.54) is 0 Å². The molecule has 3 heterocycles. The summed E-state index contributed by atoms with van der Waals surface area (Å²) in [6.07, 6.45) is 3.68. The van der Waals surface area contributed by atoms with Crippen LogP contribution in [-0.4, -0.2) is 72.9 Å². The molecule has 0 spiro atoms. The average Bonchev–Trinajstić information content (AvgIpc) is 3.27. The Morgan fingerprint density at radius 1 is 1.38 bits per heavy atom. The number of hydrogen-bond acceptors (Lipinski definition) is 6. The summed E-state index contributed by atoms with van der Waals surface area (Å²) in [5.41, 5.74) is 2.54. The quantitative estimate of drug-likeness (QED) is 0.513. The summed E-state index contributed by atoms with van der Waals surface area (Å²) in [4.78, 5) is 19.1. The number of nitrogens with zero attached hydrogens (tertiary/aromatic N) is 4. The van der Waals surface area contributed by atoms with Crippen LogP contribution >= 0.6 is 0 Å². The fourth-order valence-corrected chi connectivity index (χ4v) is 3.63. The first-order valence-electron chi connectivity index (χ1n) is 9.84. The number of hydrogen-bond donors (Lipinski definition) is 2. The van der Waals surface area contributed by atoms with Gasteiger partial charge in [-0.25, -0.2) is 9.78 Å². The van der Waals surface area contributed by atoms with Crippen molar-refractivity contribution in [1.82, 2.24) is 24.9 Å². The standard InChI is InChI=1S/C19H29BN6O3/c1-13-17(14-6-7-16(29-4)21-12-14)24-25(2)18(13)23-19(27)22-15-8-10-26(20-15)9-5-11-28-3/h6-7,12,15,20H,5,8-11H2,1-4H3,(H2,22,23,27)/t15-/m1/s1. The number of urea groups is 1. The van der Waals surface area contributed by atoms with Crippen LogP contribution in [0.3, 0.4) is 0 Å². The molecule has 0 saturated carbocycles. The molecule has 1 saturated heterocycles. The number of nitrogens with one attached hydrogen (secondary N) is 2. The lowest BCUT2D eigenvalue weighted by Crippen LogP contribution is -2.42. The van der Waals surface area contributed by atoms with Crippen molar-refractivity contribution in [3.63, 3.8) is 0 Å². The van der Waals surface area contributed by atoms with E-state index in [1.807, 2.05) is 20.0 Å². The Hall–Kier alpha value is -2.59. The molecular weight excluding hydrogens is 371 g/mol. The minimum atomic E-state index is -0.209. The Morgan fingerprint density at radius 2 is 2.21 bits per heavy atom. The van der Waals surface area contributed by atoms with Crippen LogP contribution < -0.4 is 15.4 Å². The zero-order valence-electron chi connectivity index (χ0n) is 17.6. The molecule has 1 fully saturated rings. The second-order valence-corrected chi connectivity index (χ2v) is 7.27. The molecule has 1 aliphatic rings. The lowest BCUT2D eigenvalue weighted by atomic mass is 9.84. The fourth-order valence-electron chi connectivity index (χ4n) is 3.63. The number of pyridine rings is 1. The smallest absolute Gasteiger partial charge is 0.320 e. The van der Waals surface area contributed by atoms with Gasteiger partial charge in [-0.1, -0.05) is 0 Å². The normalized spacial score (nSPS) is 16.5. The first kappa shape index (κ1) is 21.1. The Kier molecular flexibility index (Phi) is 7.11. The van der Waals surface area contributed by atoms with Crippen LogP contribution in [0.5, 0.6) is 5.88 Å². The first-order valence-corrected chi connectivity index (χ1v) is 9.84. The summed E-state index contributed by atoms with van der Waals surface area (Å²) in [6, 6.07) is 3.49. The summed E-state index contributed by atoms with van der Waals surface area (Å²) in [5, 5.41) is 10.6. The zero-order valence-corrected chi connectivity index (χ0v) is 17.6. The highest BCUT2D eigenvalue weighted by Crippen LogP contribution is 2.27. The highest BCUT2D eigenvalue weighted by molar-refractivity contribution is 6.36. The van der Waals surface area contributed by atoms with Crippen molar-refractivity contribution in [3.05, 3.63) is 23.9 Å². The summed E-state index contributed by atoms with van der Waals surface area (Å²) in [5.74, 6) is 1.37. The van der Waals surface area contributed by atoms with Gasteiger partial charge < -0.3 is 19.6 Å². The number of rotatable bonds is 8. The Labute approximate surface area is 172 Å². The fraction of sp³-hybridized carbons (Fsp3) is 0.526. The van der Waals surface area contributed by atoms with Crippen molar-refractivity contribution in [3.8, 4) is 17.1 Å². The van der Waals surface area contributed by atoms with E-state index in [2.05, 4.69) is 25.5 Å². The van der Waals surface area contributed by atoms with E-state index in [0.717, 1.165) is 56.8 Å². The molecule has 2 aromatic rings. The third kappa shape index (κ3) is 5.27. The maximum Gasteiger partial charge on any atom is 0.320 e. The van der Waals surface area contributed by atoms with Crippen molar-refractivity contribution in [1.29, 1.82) is 0 Å². The third-order valence-electron chi connectivity index (χ3n) is 5.17. The van der Waals surface area contributed by atoms with E-state index in [0.29, 0.717) is 11.7 Å². The molecule has 10 heteroatoms. The number of aromatic nitrogens is 3. The highest BCUT2D eigenvalue weighted by atomic mass is 16.5. The van der Waals surface area contributed by atoms with Gasteiger partial charge in [0.1, 0.15) is 5.82 Å². The van der Waals surface area contributed by atoms with Crippen LogP contribution in [0, 0.1) is 6.92 Å². The van der Waals surface area contributed by atoms with E-state index in [9.17, 15) is 4.79 Å². The second-order valence-electron chi connectivity index (χ2n) is 7.27. The van der Waals surface area contributed by atoms with Crippen LogP contribution in [0.15, 0.2) is 18.3 Å². The minimum absolute atomic E-state index is 0.149. The van der Waals surface area contributed by atoms with Gasteiger partial charge in [0.05, 0.1) is 12.8 Å². The van der Waals surface area contributed by atoms with E-state index in [4.69, 9.17) is 9.47 Å². The van der Waals surface area contributed by atoms with Crippen molar-refractivity contribution >= 4 is 19.3 Å². The lowest BCUT2D eigenvalue weighted by molar-refractivity contribution is 0.188. The number of aryl methyl sites for hydroxylation is 1. The molecule has 1 atom stereocenters. The number of carbonyl (C=O) groups is 1. The van der Waals surface area contributed by atoms with Crippen molar-refractivity contribution in [2.45, 2.75) is 25.7 Å². The van der Waals surface area contributed by atoms with Crippen LogP contribution in [0.2, 0.25) is 0 Å². The molecule has 0 aromatic carbocycles. The number of amides is 2. The molecule has 2 aromatic heterocycles. The van der Waals surface area contributed by atoms with Crippen molar-refractivity contribution < 1.29 is 14.3 Å². The maximum atomic E-state index is 12.5. The van der Waals surface area contributed by atoms with Gasteiger partial charge in [0.25, 0.3) is 0 Å². The molecule has 3 rings (SSSR count). The molecule has 2 N–H and O–H groups in total. The molecule has 2 amide bonds. The zero-order chi connectivity index (χ0) is 20.8. The molecule has 0 unspecified atom stereocenters. The van der Waals surface area contributed by atoms with E-state index < -0.39 is 0 Å². The van der Waals surface area contributed by atoms with Crippen LogP contribution in [0.1, 0.15) is 18.4 Å². The van der Waals surface area contributed by atoms with Crippen LogP contribution in [-0.2, 0) is 11.8 Å². The molecule has 0 aliphatic carbocycles. The third-order valence-corrected chi connectivity index (χ3v) is 5.17. The topological polar surface area (TPSA) is 93.5 Å². The van der Waals surface area contributed by atoms with Gasteiger partial charge in [0.15, 0.2) is 0 Å². The van der Waals surface area contributed by atoms with Gasteiger partial charge in [-0.05, 0) is 38.9 Å². The van der Waals surface area contributed by atoms with Gasteiger partial charge >= 0.3 is 6.03 Å². The number of anilines is 1. The van der Waals surface area contributed by atoms with E-state index in [1.54, 1.807) is 31.2 Å². The second kappa shape index (κ2) is 9.75. The summed E-state index contributed by atoms with van der Waals surface area (Å²) in [7, 11) is 5.98. The Bertz CT molecular complexity index is 826. The Morgan fingerprint density at radius 3 is 2.90 bits per heavy atom. The van der Waals surface area contributed by atoms with E-state index in [-0.39, 0.29) is 12.0 Å². The minimum Gasteiger partial charge on any atom is -0.481 e. The molecular formula is C19H29BN6O3. The maximum absolute atomic E-state index is 12.5. The number of ether oxygens (including phenoxy) is 2. The molecule has 156 valence electrons. The molecule has 29 heavy (non-hydrogen) atoms. The number of carbonyl (C=O) groups excluding carboxylic acids is 1. The van der Waals surface area contributed by atoms with Crippen molar-refractivity contribution in [2.75, 3.05) is 39.2 Å². The molecule has 1 aliphatic heterocycles. The first-order chi connectivity index (χ1) is 14.0. The summed E-state index contributed by atoms with van der Waals surface area (Å²) in [6.45, 7) is 4.69. The predicted molar refractivity (Wildman–Crippen MR) is 114 cm³/mol. The highest BCUT2D eigenvalue weighted by Gasteiger charge is 2.26. The van der Waals surface area contributed by atoms with Gasteiger partial charge in [-0.3, -0.25) is 10.00 Å². The summed E-state index contributed by atoms with van der Waals surface area (Å²) < 4.78 is 11.9. The predicted octanol–water partition coefficient (Wildman–Crippen LogP) is 1.34. The Balaban J connectivity index is 1.59. The molecule has 0 bridgehead atoms. The average molecular weight is 400 g/mol. The lowest BCUT2D eigenvalue weighted by Gasteiger charge is -2.15. The van der Waals surface area contributed by atoms with Crippen LogP contribution in [0.25, 0.3) is 11.3 Å². The molecule has 0 radical (unpaired) electrons. The SMILES string of the molecule is COCCCN1B[C@H](NC(=O)Nc2c(C)c(-c3ccc(OC)nc3)nn2C)CC1. The van der Waals surface area contributed by atoms with Gasteiger partial charge in [0, 0.05) is 50.1 Å². The van der Waals surface area contributed by atoms with E-state index >= 15 is 0 Å². The van der Waals surface area contributed by atoms with Gasteiger partial charge in [0.2, 0.25) is 13.3 Å². The van der Waals surface area contributed by atoms with Crippen molar-refractivity contribution in [2.24, 2.45) is 7.05 Å². The van der Waals surface area contributed by atoms with Crippen LogP contribution in [0.4, 0.5) is 10.6 Å². The monoisotopic (exact) mass is 400 g/mol. The van der Waals surface area contributed by atoms with Gasteiger partial charge in [-0.15, -0.1) is 0 Å². The largest absolute Gasteiger partial charge is 0.481 e. The number of methoxy groups -OCH3 is 2. The summed E-state index contributed by atoms with van der Waals surface area (Å²) >= 11 is 0.